The van der Waals surface area contributed by atoms with Crippen LogP contribution in [0.25, 0.3) is 11.1 Å². The molecule has 0 saturated heterocycles. The maximum Gasteiger partial charge on any atom is 0.295 e. The third kappa shape index (κ3) is 3.49. The SMILES string of the molecule is Cc1cc(-c2ccccc2O)c(Cc2ccccc2)c(C)c1S(=O)(=O)O. The van der Waals surface area contributed by atoms with Crippen molar-refractivity contribution in [1.82, 2.24) is 0 Å². The van der Waals surface area contributed by atoms with E-state index in [-0.39, 0.29) is 10.6 Å². The molecule has 5 heteroatoms. The third-order valence-corrected chi connectivity index (χ3v) is 5.66. The fraction of sp³-hybridized carbons (Fsp3) is 0.143. The molecule has 134 valence electrons. The summed E-state index contributed by atoms with van der Waals surface area (Å²) >= 11 is 0. The zero-order valence-electron chi connectivity index (χ0n) is 14.6. The molecule has 2 N–H and O–H groups in total. The highest BCUT2D eigenvalue weighted by atomic mass is 32.2. The molecule has 0 aromatic heterocycles. The van der Waals surface area contributed by atoms with Crippen LogP contribution in [0.4, 0.5) is 0 Å². The highest BCUT2D eigenvalue weighted by molar-refractivity contribution is 7.86. The predicted octanol–water partition coefficient (Wildman–Crippen LogP) is 4.51. The molecule has 0 amide bonds. The Morgan fingerprint density at radius 1 is 0.885 bits per heavy atom. The lowest BCUT2D eigenvalue weighted by Crippen LogP contribution is -2.08. The Balaban J connectivity index is 2.32. The van der Waals surface area contributed by atoms with E-state index in [0.29, 0.717) is 23.1 Å². The van der Waals surface area contributed by atoms with Crippen molar-refractivity contribution in [3.63, 3.8) is 0 Å². The Hall–Kier alpha value is -2.63. The molecule has 0 aliphatic rings. The van der Waals surface area contributed by atoms with Crippen molar-refractivity contribution in [3.05, 3.63) is 82.9 Å². The van der Waals surface area contributed by atoms with Gasteiger partial charge in [0.25, 0.3) is 10.1 Å². The van der Waals surface area contributed by atoms with Crippen molar-refractivity contribution in [2.75, 3.05) is 0 Å². The summed E-state index contributed by atoms with van der Waals surface area (Å²) in [5.74, 6) is 0.125. The minimum atomic E-state index is -4.35. The van der Waals surface area contributed by atoms with Crippen LogP contribution in [0.2, 0.25) is 0 Å². The number of phenolic OH excluding ortho intramolecular Hbond substituents is 1. The first-order chi connectivity index (χ1) is 12.3. The standard InChI is InChI=1S/C21H20O4S/c1-14-12-19(17-10-6-7-11-20(17)22)18(13-16-8-4-3-5-9-16)15(2)21(14)26(23,24)25/h3-12,22H,13H2,1-2H3,(H,23,24,25). The van der Waals surface area contributed by atoms with Gasteiger partial charge >= 0.3 is 0 Å². The van der Waals surface area contributed by atoms with E-state index in [1.165, 1.54) is 0 Å². The van der Waals surface area contributed by atoms with Crippen LogP contribution in [0.5, 0.6) is 5.75 Å². The van der Waals surface area contributed by atoms with Crippen LogP contribution >= 0.6 is 0 Å². The van der Waals surface area contributed by atoms with Gasteiger partial charge in [-0.3, -0.25) is 4.55 Å². The number of hydrogen-bond acceptors (Lipinski definition) is 3. The summed E-state index contributed by atoms with van der Waals surface area (Å²) in [6, 6.07) is 18.3. The number of aromatic hydroxyl groups is 1. The maximum atomic E-state index is 11.9. The molecule has 0 aliphatic carbocycles. The van der Waals surface area contributed by atoms with Gasteiger partial charge in [0, 0.05) is 5.56 Å². The second kappa shape index (κ2) is 6.94. The Morgan fingerprint density at radius 3 is 2.12 bits per heavy atom. The topological polar surface area (TPSA) is 74.6 Å². The van der Waals surface area contributed by atoms with E-state index in [2.05, 4.69) is 0 Å². The summed E-state index contributed by atoms with van der Waals surface area (Å²) in [6.45, 7) is 3.34. The molecule has 0 atom stereocenters. The Morgan fingerprint density at radius 2 is 1.50 bits per heavy atom. The summed E-state index contributed by atoms with van der Waals surface area (Å²) in [6.07, 6.45) is 0.485. The third-order valence-electron chi connectivity index (χ3n) is 4.51. The number of para-hydroxylation sites is 1. The van der Waals surface area contributed by atoms with Crippen molar-refractivity contribution in [2.45, 2.75) is 25.2 Å². The molecule has 0 heterocycles. The first kappa shape index (κ1) is 18.2. The van der Waals surface area contributed by atoms with E-state index in [9.17, 15) is 18.1 Å². The highest BCUT2D eigenvalue weighted by Gasteiger charge is 2.23. The summed E-state index contributed by atoms with van der Waals surface area (Å²) in [5, 5.41) is 10.3. The van der Waals surface area contributed by atoms with Crippen LogP contribution in [0.3, 0.4) is 0 Å². The van der Waals surface area contributed by atoms with Gasteiger partial charge in [-0.05, 0) is 60.2 Å². The zero-order chi connectivity index (χ0) is 18.9. The van der Waals surface area contributed by atoms with Gasteiger partial charge < -0.3 is 5.11 Å². The molecule has 0 radical (unpaired) electrons. The normalized spacial score (nSPS) is 11.5. The monoisotopic (exact) mass is 368 g/mol. The summed E-state index contributed by atoms with van der Waals surface area (Å²) in [5.41, 5.74) is 4.10. The number of hydrogen-bond donors (Lipinski definition) is 2. The van der Waals surface area contributed by atoms with E-state index in [1.54, 1.807) is 38.1 Å². The molecule has 26 heavy (non-hydrogen) atoms. The smallest absolute Gasteiger partial charge is 0.295 e. The first-order valence-electron chi connectivity index (χ1n) is 8.22. The van der Waals surface area contributed by atoms with Crippen molar-refractivity contribution in [2.24, 2.45) is 0 Å². The van der Waals surface area contributed by atoms with Crippen LogP contribution in [0.1, 0.15) is 22.3 Å². The van der Waals surface area contributed by atoms with E-state index < -0.39 is 10.1 Å². The van der Waals surface area contributed by atoms with Crippen molar-refractivity contribution in [1.29, 1.82) is 0 Å². The molecule has 0 saturated carbocycles. The van der Waals surface area contributed by atoms with E-state index in [4.69, 9.17) is 0 Å². The molecular weight excluding hydrogens is 348 g/mol. The van der Waals surface area contributed by atoms with Crippen molar-refractivity contribution in [3.8, 4) is 16.9 Å². The molecule has 3 aromatic rings. The van der Waals surface area contributed by atoms with Gasteiger partial charge in [0.1, 0.15) is 10.6 Å². The Kier molecular flexibility index (Phi) is 4.85. The number of aryl methyl sites for hydroxylation is 1. The quantitative estimate of drug-likeness (QED) is 0.664. The molecule has 0 unspecified atom stereocenters. The molecular formula is C21H20O4S. The van der Waals surface area contributed by atoms with Gasteiger partial charge in [-0.15, -0.1) is 0 Å². The fourth-order valence-corrected chi connectivity index (χ4v) is 4.35. The summed E-state index contributed by atoms with van der Waals surface area (Å²) < 4.78 is 33.5. The minimum Gasteiger partial charge on any atom is -0.507 e. The van der Waals surface area contributed by atoms with Crippen molar-refractivity contribution >= 4 is 10.1 Å². The molecule has 3 aromatic carbocycles. The van der Waals surface area contributed by atoms with Gasteiger partial charge in [-0.25, -0.2) is 0 Å². The van der Waals surface area contributed by atoms with Crippen LogP contribution in [0.15, 0.2) is 65.6 Å². The van der Waals surface area contributed by atoms with Gasteiger partial charge in [0.15, 0.2) is 0 Å². The minimum absolute atomic E-state index is 0.0670. The number of rotatable bonds is 4. The predicted molar refractivity (Wildman–Crippen MR) is 102 cm³/mol. The van der Waals surface area contributed by atoms with E-state index in [1.807, 2.05) is 36.4 Å². The Labute approximate surface area is 153 Å². The van der Waals surface area contributed by atoms with Crippen LogP contribution in [-0.4, -0.2) is 18.1 Å². The number of benzene rings is 3. The van der Waals surface area contributed by atoms with Gasteiger partial charge in [-0.2, -0.15) is 8.42 Å². The molecule has 3 rings (SSSR count). The molecule has 0 fully saturated rings. The van der Waals surface area contributed by atoms with Gasteiger partial charge in [0.05, 0.1) is 0 Å². The van der Waals surface area contributed by atoms with Crippen LogP contribution in [-0.2, 0) is 16.5 Å². The Bertz CT molecular complexity index is 1050. The van der Waals surface area contributed by atoms with Crippen LogP contribution in [0, 0.1) is 13.8 Å². The van der Waals surface area contributed by atoms with Gasteiger partial charge in [0.2, 0.25) is 0 Å². The lowest BCUT2D eigenvalue weighted by molar-refractivity contribution is 0.477. The molecule has 0 aliphatic heterocycles. The molecule has 0 bridgehead atoms. The van der Waals surface area contributed by atoms with Gasteiger partial charge in [-0.1, -0.05) is 48.5 Å². The first-order valence-corrected chi connectivity index (χ1v) is 9.66. The summed E-state index contributed by atoms with van der Waals surface area (Å²) in [7, 11) is -4.35. The average molecular weight is 368 g/mol. The molecule has 0 spiro atoms. The van der Waals surface area contributed by atoms with Crippen LogP contribution < -0.4 is 0 Å². The fourth-order valence-electron chi connectivity index (χ4n) is 3.37. The van der Waals surface area contributed by atoms with Crippen molar-refractivity contribution < 1.29 is 18.1 Å². The highest BCUT2D eigenvalue weighted by Crippen LogP contribution is 2.37. The molecule has 4 nitrogen and oxygen atoms in total. The largest absolute Gasteiger partial charge is 0.507 e. The second-order valence-corrected chi connectivity index (χ2v) is 7.69. The lowest BCUT2D eigenvalue weighted by Gasteiger charge is -2.19. The average Bonchev–Trinajstić information content (AvgIpc) is 2.57. The zero-order valence-corrected chi connectivity index (χ0v) is 15.4. The maximum absolute atomic E-state index is 11.9. The number of phenols is 1. The summed E-state index contributed by atoms with van der Waals surface area (Å²) in [4.78, 5) is -0.0670. The van der Waals surface area contributed by atoms with E-state index in [0.717, 1.165) is 16.7 Å². The second-order valence-electron chi connectivity index (χ2n) is 6.33. The van der Waals surface area contributed by atoms with E-state index >= 15 is 0 Å². The lowest BCUT2D eigenvalue weighted by atomic mass is 9.89.